The number of benzene rings is 2. The van der Waals surface area contributed by atoms with E-state index in [9.17, 15) is 8.78 Å². The van der Waals surface area contributed by atoms with Crippen LogP contribution >= 0.6 is 0 Å². The minimum Gasteiger partial charge on any atom is -0.383 e. The van der Waals surface area contributed by atoms with Crippen molar-refractivity contribution in [3.63, 3.8) is 0 Å². The van der Waals surface area contributed by atoms with E-state index in [4.69, 9.17) is 4.74 Å². The van der Waals surface area contributed by atoms with Crippen LogP contribution in [0.25, 0.3) is 0 Å². The highest BCUT2D eigenvalue weighted by atomic mass is 19.2. The van der Waals surface area contributed by atoms with Crippen LogP contribution in [0.1, 0.15) is 22.4 Å². The van der Waals surface area contributed by atoms with Gasteiger partial charge in [0.2, 0.25) is 0 Å². The van der Waals surface area contributed by atoms with Crippen molar-refractivity contribution in [2.45, 2.75) is 26.6 Å². The molecule has 28 heavy (non-hydrogen) atoms. The summed E-state index contributed by atoms with van der Waals surface area (Å²) in [5.74, 6) is -1.59. The maximum atomic E-state index is 14.1. The van der Waals surface area contributed by atoms with Gasteiger partial charge in [-0.25, -0.2) is 8.78 Å². The summed E-state index contributed by atoms with van der Waals surface area (Å²) in [4.78, 5) is 2.07. The van der Waals surface area contributed by atoms with E-state index >= 15 is 0 Å². The number of halogens is 2. The predicted octanol–water partition coefficient (Wildman–Crippen LogP) is 4.77. The molecule has 148 valence electrons. The Hall–Kier alpha value is -2.50. The van der Waals surface area contributed by atoms with Crippen molar-refractivity contribution in [2.24, 2.45) is 0 Å². The van der Waals surface area contributed by atoms with Gasteiger partial charge in [0.25, 0.3) is 0 Å². The molecule has 0 amide bonds. The summed E-state index contributed by atoms with van der Waals surface area (Å²) in [5.41, 5.74) is 3.94. The molecule has 1 heterocycles. The number of hydrogen-bond acceptors (Lipinski definition) is 2. The zero-order chi connectivity index (χ0) is 19.9. The molecule has 5 heteroatoms. The Kier molecular flexibility index (Phi) is 6.95. The topological polar surface area (TPSA) is 17.4 Å². The zero-order valence-corrected chi connectivity index (χ0v) is 16.4. The molecule has 0 fully saturated rings. The Balaban J connectivity index is 1.76. The van der Waals surface area contributed by atoms with Gasteiger partial charge < -0.3 is 9.30 Å². The third kappa shape index (κ3) is 5.27. The lowest BCUT2D eigenvalue weighted by atomic mass is 10.1. The van der Waals surface area contributed by atoms with Gasteiger partial charge in [-0.2, -0.15) is 0 Å². The van der Waals surface area contributed by atoms with Gasteiger partial charge in [0, 0.05) is 50.7 Å². The van der Waals surface area contributed by atoms with Crippen LogP contribution in [0.15, 0.2) is 60.8 Å². The van der Waals surface area contributed by atoms with Crippen molar-refractivity contribution in [1.82, 2.24) is 9.47 Å². The summed E-state index contributed by atoms with van der Waals surface area (Å²) >= 11 is 0. The van der Waals surface area contributed by atoms with Gasteiger partial charge >= 0.3 is 0 Å². The molecule has 0 radical (unpaired) electrons. The zero-order valence-electron chi connectivity index (χ0n) is 16.4. The van der Waals surface area contributed by atoms with Crippen molar-refractivity contribution in [3.8, 4) is 0 Å². The Morgan fingerprint density at radius 1 is 1.00 bits per heavy atom. The molecule has 3 aromatic rings. The van der Waals surface area contributed by atoms with E-state index in [1.165, 1.54) is 11.1 Å². The largest absolute Gasteiger partial charge is 0.383 e. The molecule has 0 aliphatic rings. The third-order valence-corrected chi connectivity index (χ3v) is 4.78. The van der Waals surface area contributed by atoms with Crippen LogP contribution in [-0.2, 0) is 24.4 Å². The van der Waals surface area contributed by atoms with E-state index in [2.05, 4.69) is 52.9 Å². The second-order valence-corrected chi connectivity index (χ2v) is 7.03. The van der Waals surface area contributed by atoms with Crippen molar-refractivity contribution in [1.29, 1.82) is 0 Å². The number of aromatic nitrogens is 1. The number of hydrogen-bond donors (Lipinski definition) is 0. The minimum absolute atomic E-state index is 0.322. The Bertz CT molecular complexity index is 907. The number of nitrogens with zero attached hydrogens (tertiary/aromatic N) is 2. The lowest BCUT2D eigenvalue weighted by Gasteiger charge is -2.23. The van der Waals surface area contributed by atoms with Gasteiger partial charge in [-0.05, 0) is 30.7 Å². The van der Waals surface area contributed by atoms with Gasteiger partial charge in [0.05, 0.1) is 6.61 Å². The second-order valence-electron chi connectivity index (χ2n) is 7.03. The van der Waals surface area contributed by atoms with Gasteiger partial charge in [-0.15, -0.1) is 0 Å². The first kappa shape index (κ1) is 20.2. The van der Waals surface area contributed by atoms with Crippen molar-refractivity contribution in [3.05, 3.63) is 94.8 Å². The Morgan fingerprint density at radius 2 is 1.82 bits per heavy atom. The first-order valence-electron chi connectivity index (χ1n) is 9.40. The Labute approximate surface area is 165 Å². The van der Waals surface area contributed by atoms with Gasteiger partial charge in [-0.3, -0.25) is 4.90 Å². The highest BCUT2D eigenvalue weighted by molar-refractivity contribution is 5.24. The second kappa shape index (κ2) is 9.62. The van der Waals surface area contributed by atoms with Gasteiger partial charge in [0.15, 0.2) is 11.6 Å². The monoisotopic (exact) mass is 384 g/mol. The van der Waals surface area contributed by atoms with Crippen LogP contribution in [0.3, 0.4) is 0 Å². The number of ether oxygens (including phenoxy) is 1. The lowest BCUT2D eigenvalue weighted by molar-refractivity contribution is 0.137. The molecule has 0 atom stereocenters. The van der Waals surface area contributed by atoms with E-state index in [1.54, 1.807) is 19.2 Å². The molecule has 0 spiro atoms. The minimum atomic E-state index is -0.813. The van der Waals surface area contributed by atoms with Crippen molar-refractivity contribution in [2.75, 3.05) is 20.3 Å². The average molecular weight is 384 g/mol. The van der Waals surface area contributed by atoms with Crippen LogP contribution in [0.4, 0.5) is 8.78 Å². The molecule has 0 saturated carbocycles. The third-order valence-electron chi connectivity index (χ3n) is 4.78. The van der Waals surface area contributed by atoms with Crippen LogP contribution in [0.5, 0.6) is 0 Å². The summed E-state index contributed by atoms with van der Waals surface area (Å²) in [6, 6.07) is 16.8. The summed E-state index contributed by atoms with van der Waals surface area (Å²) < 4.78 is 35.1. The van der Waals surface area contributed by atoms with Crippen LogP contribution in [-0.4, -0.2) is 29.7 Å². The number of aryl methyl sites for hydroxylation is 1. The highest BCUT2D eigenvalue weighted by Crippen LogP contribution is 2.17. The standard InChI is InChI=1S/C23H26F2N2O/c1-18-6-3-7-19(14-18)15-27-11-5-9-21(27)17-26(12-13-28-2)16-20-8-4-10-22(24)23(20)25/h3-11,14H,12-13,15-17H2,1-2H3. The van der Waals surface area contributed by atoms with Crippen LogP contribution < -0.4 is 0 Å². The van der Waals surface area contributed by atoms with Gasteiger partial charge in [0.1, 0.15) is 0 Å². The number of rotatable bonds is 9. The summed E-state index contributed by atoms with van der Waals surface area (Å²) in [7, 11) is 1.64. The fourth-order valence-corrected chi connectivity index (χ4v) is 3.33. The first-order chi connectivity index (χ1) is 13.6. The first-order valence-corrected chi connectivity index (χ1v) is 9.40. The van der Waals surface area contributed by atoms with Crippen molar-refractivity contribution >= 4 is 0 Å². The van der Waals surface area contributed by atoms with Crippen LogP contribution in [0.2, 0.25) is 0 Å². The molecule has 3 rings (SSSR count). The molecule has 1 aromatic heterocycles. The molecule has 0 aliphatic carbocycles. The van der Waals surface area contributed by atoms with E-state index < -0.39 is 11.6 Å². The predicted molar refractivity (Wildman–Crippen MR) is 107 cm³/mol. The van der Waals surface area contributed by atoms with Gasteiger partial charge in [-0.1, -0.05) is 42.0 Å². The molecule has 0 aliphatic heterocycles. The highest BCUT2D eigenvalue weighted by Gasteiger charge is 2.14. The summed E-state index contributed by atoms with van der Waals surface area (Å²) in [6.45, 7) is 4.95. The van der Waals surface area contributed by atoms with E-state index in [0.29, 0.717) is 31.8 Å². The molecular formula is C23H26F2N2O. The molecule has 0 saturated heterocycles. The quantitative estimate of drug-likeness (QED) is 0.529. The SMILES string of the molecule is COCCN(Cc1cccc(F)c1F)Cc1cccn1Cc1cccc(C)c1. The lowest BCUT2D eigenvalue weighted by Crippen LogP contribution is -2.28. The normalized spacial score (nSPS) is 11.3. The van der Waals surface area contributed by atoms with Crippen LogP contribution in [0, 0.1) is 18.6 Å². The average Bonchev–Trinajstić information content (AvgIpc) is 3.10. The summed E-state index contributed by atoms with van der Waals surface area (Å²) in [6.07, 6.45) is 2.05. The Morgan fingerprint density at radius 3 is 2.61 bits per heavy atom. The summed E-state index contributed by atoms with van der Waals surface area (Å²) in [5, 5.41) is 0. The molecule has 3 nitrogen and oxygen atoms in total. The molecule has 0 N–H and O–H groups in total. The van der Waals surface area contributed by atoms with E-state index in [1.807, 2.05) is 6.07 Å². The maximum Gasteiger partial charge on any atom is 0.163 e. The molecule has 0 unspecified atom stereocenters. The van der Waals surface area contributed by atoms with E-state index in [-0.39, 0.29) is 0 Å². The smallest absolute Gasteiger partial charge is 0.163 e. The fraction of sp³-hybridized carbons (Fsp3) is 0.304. The molecular weight excluding hydrogens is 358 g/mol. The van der Waals surface area contributed by atoms with Crippen molar-refractivity contribution < 1.29 is 13.5 Å². The number of methoxy groups -OCH3 is 1. The van der Waals surface area contributed by atoms with E-state index in [0.717, 1.165) is 18.3 Å². The molecule has 0 bridgehead atoms. The fourth-order valence-electron chi connectivity index (χ4n) is 3.33. The maximum absolute atomic E-state index is 14.1. The molecule has 2 aromatic carbocycles.